The van der Waals surface area contributed by atoms with Gasteiger partial charge >= 0.3 is 5.69 Å². The number of rotatable bonds is 2. The molecule has 0 unspecified atom stereocenters. The van der Waals surface area contributed by atoms with Crippen LogP contribution in [0, 0.1) is 11.7 Å². The second kappa shape index (κ2) is 3.78. The van der Waals surface area contributed by atoms with Gasteiger partial charge in [0.25, 0.3) is 0 Å². The summed E-state index contributed by atoms with van der Waals surface area (Å²) in [5, 5.41) is 19.1. The van der Waals surface area contributed by atoms with E-state index in [0.29, 0.717) is 6.42 Å². The van der Waals surface area contributed by atoms with Gasteiger partial charge < -0.3 is 15.9 Å². The zero-order valence-electron chi connectivity index (χ0n) is 9.30. The summed E-state index contributed by atoms with van der Waals surface area (Å²) in [4.78, 5) is 14.9. The maximum absolute atomic E-state index is 13.2. The SMILES string of the molecule is C[C@]1(O)[C@@H](CO)C[C@H]1n1cc(F)c(N)nc1=O. The van der Waals surface area contributed by atoms with Gasteiger partial charge in [-0.05, 0) is 13.3 Å². The second-order valence-electron chi connectivity index (χ2n) is 4.52. The first-order chi connectivity index (χ1) is 7.87. The van der Waals surface area contributed by atoms with Crippen LogP contribution in [0.3, 0.4) is 0 Å². The van der Waals surface area contributed by atoms with Gasteiger partial charge in [-0.3, -0.25) is 4.57 Å². The minimum Gasteiger partial charge on any atom is -0.396 e. The van der Waals surface area contributed by atoms with E-state index in [1.54, 1.807) is 0 Å². The van der Waals surface area contributed by atoms with E-state index in [1.807, 2.05) is 0 Å². The van der Waals surface area contributed by atoms with E-state index in [9.17, 15) is 14.3 Å². The molecule has 1 aliphatic carbocycles. The molecule has 0 bridgehead atoms. The van der Waals surface area contributed by atoms with E-state index in [1.165, 1.54) is 6.92 Å². The maximum Gasteiger partial charge on any atom is 0.350 e. The van der Waals surface area contributed by atoms with E-state index >= 15 is 0 Å². The van der Waals surface area contributed by atoms with Gasteiger partial charge in [0.2, 0.25) is 0 Å². The van der Waals surface area contributed by atoms with Crippen LogP contribution in [-0.4, -0.2) is 32.0 Å². The number of nitrogen functional groups attached to an aromatic ring is 1. The lowest BCUT2D eigenvalue weighted by molar-refractivity contribution is -0.144. The molecule has 3 atom stereocenters. The van der Waals surface area contributed by atoms with Crippen LogP contribution >= 0.6 is 0 Å². The number of nitrogens with two attached hydrogens (primary N) is 1. The summed E-state index contributed by atoms with van der Waals surface area (Å²) < 4.78 is 14.3. The van der Waals surface area contributed by atoms with Crippen LogP contribution in [0.1, 0.15) is 19.4 Å². The molecule has 6 nitrogen and oxygen atoms in total. The van der Waals surface area contributed by atoms with Crippen LogP contribution < -0.4 is 11.4 Å². The number of aliphatic hydroxyl groups excluding tert-OH is 1. The molecule has 0 radical (unpaired) electrons. The molecule has 2 rings (SSSR count). The van der Waals surface area contributed by atoms with Gasteiger partial charge in [0.15, 0.2) is 11.6 Å². The molecular weight excluding hydrogens is 229 g/mol. The van der Waals surface area contributed by atoms with Gasteiger partial charge in [0.1, 0.15) is 0 Å². The first kappa shape index (κ1) is 12.0. The summed E-state index contributed by atoms with van der Waals surface area (Å²) in [6.45, 7) is 1.33. The first-order valence-corrected chi connectivity index (χ1v) is 5.25. The molecule has 94 valence electrons. The van der Waals surface area contributed by atoms with E-state index in [4.69, 9.17) is 10.8 Å². The number of nitrogens with zero attached hydrogens (tertiary/aromatic N) is 2. The monoisotopic (exact) mass is 243 g/mol. The Morgan fingerprint density at radius 2 is 2.41 bits per heavy atom. The average Bonchev–Trinajstić information content (AvgIpc) is 2.24. The zero-order chi connectivity index (χ0) is 12.8. The molecular formula is C10H14FN3O3. The molecule has 7 heteroatoms. The molecule has 1 heterocycles. The number of halogens is 1. The fraction of sp³-hybridized carbons (Fsp3) is 0.600. The highest BCUT2D eigenvalue weighted by Gasteiger charge is 2.51. The Morgan fingerprint density at radius 1 is 1.76 bits per heavy atom. The molecule has 0 aliphatic heterocycles. The predicted octanol–water partition coefficient (Wildman–Crippen LogP) is -0.731. The van der Waals surface area contributed by atoms with E-state index in [0.717, 1.165) is 10.8 Å². The summed E-state index contributed by atoms with van der Waals surface area (Å²) in [6, 6.07) is -0.588. The third-order valence-corrected chi connectivity index (χ3v) is 3.50. The lowest BCUT2D eigenvalue weighted by Crippen LogP contribution is -2.57. The third kappa shape index (κ3) is 1.71. The van der Waals surface area contributed by atoms with Gasteiger partial charge in [-0.2, -0.15) is 4.98 Å². The number of aromatic nitrogens is 2. The van der Waals surface area contributed by atoms with Crippen LogP contribution in [-0.2, 0) is 0 Å². The standard InChI is InChI=1S/C10H14FN3O3/c1-10(17)5(4-15)2-7(10)14-3-6(11)8(12)13-9(14)16/h3,5,7,15,17H,2,4H2,1H3,(H2,12,13,16)/t5-,7-,10+/m1/s1. The van der Waals surface area contributed by atoms with Crippen LogP contribution in [0.5, 0.6) is 0 Å². The highest BCUT2D eigenvalue weighted by atomic mass is 19.1. The minimum atomic E-state index is -1.25. The molecule has 1 saturated carbocycles. The molecule has 1 aliphatic rings. The van der Waals surface area contributed by atoms with Crippen LogP contribution in [0.15, 0.2) is 11.0 Å². The third-order valence-electron chi connectivity index (χ3n) is 3.50. The van der Waals surface area contributed by atoms with Crippen molar-refractivity contribution in [1.29, 1.82) is 0 Å². The first-order valence-electron chi connectivity index (χ1n) is 5.25. The van der Waals surface area contributed by atoms with Crippen molar-refractivity contribution in [3.63, 3.8) is 0 Å². The Labute approximate surface area is 96.5 Å². The number of aliphatic hydroxyl groups is 2. The van der Waals surface area contributed by atoms with Crippen molar-refractivity contribution in [1.82, 2.24) is 9.55 Å². The second-order valence-corrected chi connectivity index (χ2v) is 4.52. The van der Waals surface area contributed by atoms with Crippen LogP contribution in [0.4, 0.5) is 10.2 Å². The summed E-state index contributed by atoms with van der Waals surface area (Å²) in [5.41, 5.74) is 3.22. The van der Waals surface area contributed by atoms with Crippen LogP contribution in [0.25, 0.3) is 0 Å². The Bertz CT molecular complexity index is 500. The molecule has 17 heavy (non-hydrogen) atoms. The normalized spacial score (nSPS) is 32.2. The summed E-state index contributed by atoms with van der Waals surface area (Å²) >= 11 is 0. The Kier molecular flexibility index (Phi) is 2.67. The zero-order valence-corrected chi connectivity index (χ0v) is 9.30. The Balaban J connectivity index is 2.38. The molecule has 1 aromatic rings. The van der Waals surface area contributed by atoms with Crippen LogP contribution in [0.2, 0.25) is 0 Å². The molecule has 0 aromatic carbocycles. The Hall–Kier alpha value is -1.47. The fourth-order valence-corrected chi connectivity index (χ4v) is 2.19. The molecule has 1 aromatic heterocycles. The van der Waals surface area contributed by atoms with Gasteiger partial charge in [-0.25, -0.2) is 9.18 Å². The van der Waals surface area contributed by atoms with Crippen molar-refractivity contribution in [2.45, 2.75) is 25.0 Å². The summed E-state index contributed by atoms with van der Waals surface area (Å²) in [7, 11) is 0. The lowest BCUT2D eigenvalue weighted by atomic mass is 9.66. The van der Waals surface area contributed by atoms with E-state index in [-0.39, 0.29) is 12.5 Å². The maximum atomic E-state index is 13.2. The van der Waals surface area contributed by atoms with Crippen molar-refractivity contribution in [2.24, 2.45) is 5.92 Å². The topological polar surface area (TPSA) is 101 Å². The highest BCUT2D eigenvalue weighted by molar-refractivity contribution is 5.27. The van der Waals surface area contributed by atoms with E-state index in [2.05, 4.69) is 4.98 Å². The van der Waals surface area contributed by atoms with Crippen molar-refractivity contribution in [3.05, 3.63) is 22.5 Å². The highest BCUT2D eigenvalue weighted by Crippen LogP contribution is 2.46. The molecule has 4 N–H and O–H groups in total. The fourth-order valence-electron chi connectivity index (χ4n) is 2.19. The van der Waals surface area contributed by atoms with Gasteiger partial charge in [-0.15, -0.1) is 0 Å². The van der Waals surface area contributed by atoms with Gasteiger partial charge in [0, 0.05) is 18.7 Å². The van der Waals surface area contributed by atoms with Crippen molar-refractivity contribution in [2.75, 3.05) is 12.3 Å². The summed E-state index contributed by atoms with van der Waals surface area (Å²) in [6.07, 6.45) is 1.34. The van der Waals surface area contributed by atoms with Crippen molar-refractivity contribution < 1.29 is 14.6 Å². The predicted molar refractivity (Wildman–Crippen MR) is 57.7 cm³/mol. The smallest absolute Gasteiger partial charge is 0.350 e. The molecule has 0 amide bonds. The molecule has 0 saturated heterocycles. The average molecular weight is 243 g/mol. The van der Waals surface area contributed by atoms with Crippen molar-refractivity contribution >= 4 is 5.82 Å². The lowest BCUT2D eigenvalue weighted by Gasteiger charge is -2.49. The van der Waals surface area contributed by atoms with Gasteiger partial charge in [0.05, 0.1) is 11.6 Å². The number of anilines is 1. The minimum absolute atomic E-state index is 0.177. The van der Waals surface area contributed by atoms with Crippen molar-refractivity contribution in [3.8, 4) is 0 Å². The Morgan fingerprint density at radius 3 is 2.94 bits per heavy atom. The molecule has 1 fully saturated rings. The van der Waals surface area contributed by atoms with E-state index < -0.39 is 29.0 Å². The van der Waals surface area contributed by atoms with Gasteiger partial charge in [-0.1, -0.05) is 0 Å². The largest absolute Gasteiger partial charge is 0.396 e. The quantitative estimate of drug-likeness (QED) is 0.635. The summed E-state index contributed by atoms with van der Waals surface area (Å²) in [5.74, 6) is -1.57. The molecule has 0 spiro atoms. The number of hydrogen-bond donors (Lipinski definition) is 3. The number of hydrogen-bond acceptors (Lipinski definition) is 5.